The summed E-state index contributed by atoms with van der Waals surface area (Å²) in [6.45, 7) is 0.151. The summed E-state index contributed by atoms with van der Waals surface area (Å²) in [5.74, 6) is 0.780. The number of alkyl halides is 1. The van der Waals surface area contributed by atoms with Gasteiger partial charge in [0.15, 0.2) is 0 Å². The molecule has 1 amide bonds. The molecule has 0 fully saturated rings. The van der Waals surface area contributed by atoms with Gasteiger partial charge >= 0.3 is 6.09 Å². The van der Waals surface area contributed by atoms with Gasteiger partial charge in [-0.2, -0.15) is 0 Å². The number of aliphatic hydroxyl groups is 1. The quantitative estimate of drug-likeness (QED) is 0.556. The Morgan fingerprint density at radius 2 is 1.80 bits per heavy atom. The molecule has 0 bridgehead atoms. The van der Waals surface area contributed by atoms with E-state index >= 15 is 0 Å². The molecule has 0 aliphatic heterocycles. The summed E-state index contributed by atoms with van der Waals surface area (Å²) in [4.78, 5) is 11.7. The van der Waals surface area contributed by atoms with Crippen molar-refractivity contribution in [2.45, 2.75) is 31.1 Å². The minimum Gasteiger partial charge on any atom is -0.497 e. The lowest BCUT2D eigenvalue weighted by molar-refractivity contribution is 0.116. The highest BCUT2D eigenvalue weighted by molar-refractivity contribution is 6.21. The fraction of sp³-hybridized carbons (Fsp3) is 0.316. The summed E-state index contributed by atoms with van der Waals surface area (Å²) >= 11 is 6.04. The van der Waals surface area contributed by atoms with Crippen LogP contribution in [0.5, 0.6) is 5.75 Å². The molecule has 0 unspecified atom stereocenters. The Kier molecular flexibility index (Phi) is 7.57. The zero-order chi connectivity index (χ0) is 18.1. The van der Waals surface area contributed by atoms with E-state index in [1.807, 2.05) is 54.6 Å². The van der Waals surface area contributed by atoms with Crippen molar-refractivity contribution in [2.24, 2.45) is 0 Å². The van der Waals surface area contributed by atoms with Gasteiger partial charge in [0.25, 0.3) is 0 Å². The lowest BCUT2D eigenvalue weighted by Crippen LogP contribution is -2.39. The molecule has 2 aromatic rings. The van der Waals surface area contributed by atoms with Gasteiger partial charge in [0.2, 0.25) is 0 Å². The van der Waals surface area contributed by atoms with E-state index in [0.717, 1.165) is 16.9 Å². The zero-order valence-electron chi connectivity index (χ0n) is 14.0. The number of nitrogens with one attached hydrogen (secondary N) is 1. The second-order valence-electron chi connectivity index (χ2n) is 5.56. The van der Waals surface area contributed by atoms with Gasteiger partial charge < -0.3 is 19.9 Å². The van der Waals surface area contributed by atoms with Gasteiger partial charge in [-0.25, -0.2) is 4.79 Å². The van der Waals surface area contributed by atoms with E-state index in [1.165, 1.54) is 0 Å². The largest absolute Gasteiger partial charge is 0.497 e. The van der Waals surface area contributed by atoms with Crippen LogP contribution in [0.2, 0.25) is 0 Å². The average Bonchev–Trinajstić information content (AvgIpc) is 2.65. The summed E-state index contributed by atoms with van der Waals surface area (Å²) in [6, 6.07) is 16.9. The minimum absolute atomic E-state index is 0.151. The van der Waals surface area contributed by atoms with Crippen molar-refractivity contribution in [1.82, 2.24) is 5.32 Å². The first kappa shape index (κ1) is 19.1. The number of carbonyl (C=O) groups is 1. The van der Waals surface area contributed by atoms with Crippen molar-refractivity contribution in [3.8, 4) is 5.75 Å². The number of ether oxygens (including phenoxy) is 2. The molecule has 2 N–H and O–H groups in total. The molecule has 0 spiro atoms. The first-order valence-corrected chi connectivity index (χ1v) is 8.44. The summed E-state index contributed by atoms with van der Waals surface area (Å²) in [7, 11) is 1.61. The monoisotopic (exact) mass is 363 g/mol. The Hall–Kier alpha value is -2.24. The smallest absolute Gasteiger partial charge is 0.408 e. The van der Waals surface area contributed by atoms with Crippen LogP contribution >= 0.6 is 11.6 Å². The highest BCUT2D eigenvalue weighted by Gasteiger charge is 2.19. The topological polar surface area (TPSA) is 67.8 Å². The third-order valence-corrected chi connectivity index (χ3v) is 4.09. The van der Waals surface area contributed by atoms with Gasteiger partial charge in [0.05, 0.1) is 13.2 Å². The van der Waals surface area contributed by atoms with Crippen molar-refractivity contribution in [3.05, 3.63) is 65.7 Å². The van der Waals surface area contributed by atoms with Crippen LogP contribution in [0.3, 0.4) is 0 Å². The molecular formula is C19H22ClNO4. The molecule has 0 saturated carbocycles. The molecule has 0 heterocycles. The van der Waals surface area contributed by atoms with Gasteiger partial charge in [0.1, 0.15) is 17.9 Å². The number of carbonyl (C=O) groups excluding carboxylic acids is 1. The first-order valence-electron chi connectivity index (χ1n) is 8.01. The Morgan fingerprint density at radius 3 is 2.44 bits per heavy atom. The summed E-state index contributed by atoms with van der Waals surface area (Å²) in [5.41, 5.74) is 1.01. The van der Waals surface area contributed by atoms with Crippen molar-refractivity contribution in [3.63, 3.8) is 0 Å². The van der Waals surface area contributed by atoms with Gasteiger partial charge in [-0.05, 0) is 36.1 Å². The third-order valence-electron chi connectivity index (χ3n) is 3.69. The summed E-state index contributed by atoms with van der Waals surface area (Å²) in [6.07, 6.45) is -0.491. The number of methoxy groups -OCH3 is 1. The van der Waals surface area contributed by atoms with E-state index in [4.69, 9.17) is 21.1 Å². The molecule has 25 heavy (non-hydrogen) atoms. The second-order valence-corrected chi connectivity index (χ2v) is 6.03. The zero-order valence-corrected chi connectivity index (χ0v) is 14.8. The number of benzene rings is 2. The van der Waals surface area contributed by atoms with Crippen LogP contribution < -0.4 is 10.1 Å². The maximum Gasteiger partial charge on any atom is 0.408 e. The van der Waals surface area contributed by atoms with E-state index in [0.29, 0.717) is 12.8 Å². The standard InChI is InChI=1S/C19H22ClNO4/c1-24-16-10-7-14(8-11-16)9-12-17(22)18(20)21-19(23)25-13-15-5-3-2-4-6-15/h2-8,10-11,17-18,22H,9,12-13H2,1H3,(H,21,23)/t17-,18+/m0/s1. The van der Waals surface area contributed by atoms with Crippen molar-refractivity contribution < 1.29 is 19.4 Å². The molecular weight excluding hydrogens is 342 g/mol. The lowest BCUT2D eigenvalue weighted by atomic mass is 10.1. The number of aliphatic hydroxyl groups excluding tert-OH is 1. The van der Waals surface area contributed by atoms with Crippen LogP contribution in [-0.4, -0.2) is 29.9 Å². The fourth-order valence-electron chi connectivity index (χ4n) is 2.23. The molecule has 5 nitrogen and oxygen atoms in total. The van der Waals surface area contributed by atoms with E-state index in [9.17, 15) is 9.90 Å². The van der Waals surface area contributed by atoms with E-state index in [1.54, 1.807) is 7.11 Å². The SMILES string of the molecule is COc1ccc(CC[C@H](O)[C@H](Cl)NC(=O)OCc2ccccc2)cc1. The van der Waals surface area contributed by atoms with Gasteiger partial charge in [-0.3, -0.25) is 0 Å². The highest BCUT2D eigenvalue weighted by Crippen LogP contribution is 2.15. The van der Waals surface area contributed by atoms with E-state index in [-0.39, 0.29) is 6.61 Å². The lowest BCUT2D eigenvalue weighted by Gasteiger charge is -2.18. The molecule has 6 heteroatoms. The predicted octanol–water partition coefficient (Wildman–Crippen LogP) is 3.48. The first-order chi connectivity index (χ1) is 12.1. The molecule has 0 aliphatic carbocycles. The van der Waals surface area contributed by atoms with Crippen LogP contribution in [0.1, 0.15) is 17.5 Å². The normalized spacial score (nSPS) is 12.9. The maximum atomic E-state index is 11.7. The predicted molar refractivity (Wildman–Crippen MR) is 96.7 cm³/mol. The molecule has 2 atom stereocenters. The number of aryl methyl sites for hydroxylation is 1. The van der Waals surface area contributed by atoms with Gasteiger partial charge in [-0.15, -0.1) is 0 Å². The molecule has 2 rings (SSSR count). The van der Waals surface area contributed by atoms with E-state index in [2.05, 4.69) is 5.32 Å². The molecule has 0 aliphatic rings. The molecule has 0 saturated heterocycles. The third kappa shape index (κ3) is 6.64. The van der Waals surface area contributed by atoms with Crippen molar-refractivity contribution in [2.75, 3.05) is 7.11 Å². The molecule has 0 radical (unpaired) electrons. The van der Waals surface area contributed by atoms with Gasteiger partial charge in [0, 0.05) is 0 Å². The summed E-state index contributed by atoms with van der Waals surface area (Å²) in [5, 5.41) is 12.5. The van der Waals surface area contributed by atoms with Crippen molar-refractivity contribution >= 4 is 17.7 Å². The second kappa shape index (κ2) is 9.91. The number of alkyl carbamates (subject to hydrolysis) is 1. The number of hydrogen-bond acceptors (Lipinski definition) is 4. The van der Waals surface area contributed by atoms with Gasteiger partial charge in [-0.1, -0.05) is 54.1 Å². The Morgan fingerprint density at radius 1 is 1.12 bits per heavy atom. The summed E-state index contributed by atoms with van der Waals surface area (Å²) < 4.78 is 10.2. The molecule has 134 valence electrons. The highest BCUT2D eigenvalue weighted by atomic mass is 35.5. The Bertz CT molecular complexity index is 648. The number of hydrogen-bond donors (Lipinski definition) is 2. The Balaban J connectivity index is 1.71. The number of amides is 1. The Labute approximate surface area is 152 Å². The van der Waals surface area contributed by atoms with Crippen LogP contribution in [-0.2, 0) is 17.8 Å². The number of halogens is 1. The van der Waals surface area contributed by atoms with Crippen LogP contribution in [0.15, 0.2) is 54.6 Å². The van der Waals surface area contributed by atoms with Crippen LogP contribution in [0.4, 0.5) is 4.79 Å². The maximum absolute atomic E-state index is 11.7. The molecule has 2 aromatic carbocycles. The minimum atomic E-state index is -0.915. The fourth-order valence-corrected chi connectivity index (χ4v) is 2.44. The molecule has 0 aromatic heterocycles. The van der Waals surface area contributed by atoms with Crippen LogP contribution in [0.25, 0.3) is 0 Å². The van der Waals surface area contributed by atoms with Crippen LogP contribution in [0, 0.1) is 0 Å². The number of rotatable bonds is 8. The van der Waals surface area contributed by atoms with Crippen molar-refractivity contribution in [1.29, 1.82) is 0 Å². The van der Waals surface area contributed by atoms with E-state index < -0.39 is 17.7 Å². The average molecular weight is 364 g/mol.